The summed E-state index contributed by atoms with van der Waals surface area (Å²) in [7, 11) is 4.25. The summed E-state index contributed by atoms with van der Waals surface area (Å²) in [4.78, 5) is 19.8. The first kappa shape index (κ1) is 21.7. The van der Waals surface area contributed by atoms with Crippen molar-refractivity contribution in [3.05, 3.63) is 65.7 Å². The predicted octanol–water partition coefficient (Wildman–Crippen LogP) is 5.04. The van der Waals surface area contributed by atoms with Crippen LogP contribution < -0.4 is 23.4 Å². The number of aromatic nitrogens is 1. The largest absolute Gasteiger partial charge is 0.497 e. The van der Waals surface area contributed by atoms with Gasteiger partial charge in [-0.1, -0.05) is 12.1 Å². The Bertz CT molecular complexity index is 1150. The Hall–Kier alpha value is -3.53. The summed E-state index contributed by atoms with van der Waals surface area (Å²) in [5, 5.41) is 0. The van der Waals surface area contributed by atoms with Gasteiger partial charge in [0.15, 0.2) is 11.6 Å². The molecule has 0 atom stereocenters. The van der Waals surface area contributed by atoms with E-state index in [-0.39, 0.29) is 29.6 Å². The number of fused-ring (bicyclic) bond motifs is 1. The van der Waals surface area contributed by atoms with Gasteiger partial charge >= 0.3 is 6.03 Å². The SMILES string of the molecule is COc1cc(F)c(CN2C(=O)N(c3ccc(OC)c(OC)n3)Sc3ccccc32)c(F)c1. The van der Waals surface area contributed by atoms with E-state index in [2.05, 4.69) is 4.98 Å². The number of hydrogen-bond acceptors (Lipinski definition) is 6. The minimum atomic E-state index is -0.804. The van der Waals surface area contributed by atoms with Crippen LogP contribution in [0.2, 0.25) is 0 Å². The van der Waals surface area contributed by atoms with Gasteiger partial charge in [0.05, 0.1) is 38.5 Å². The van der Waals surface area contributed by atoms with Gasteiger partial charge in [0, 0.05) is 29.6 Å². The van der Waals surface area contributed by atoms with E-state index in [0.29, 0.717) is 11.4 Å². The molecule has 0 aliphatic carbocycles. The van der Waals surface area contributed by atoms with E-state index < -0.39 is 17.7 Å². The number of carbonyl (C=O) groups is 1. The van der Waals surface area contributed by atoms with E-state index in [0.717, 1.165) is 29.0 Å². The number of anilines is 2. The molecule has 0 unspecified atom stereocenters. The Morgan fingerprint density at radius 3 is 2.34 bits per heavy atom. The molecule has 2 heterocycles. The number of amides is 2. The van der Waals surface area contributed by atoms with Crippen LogP contribution in [0.4, 0.5) is 25.1 Å². The zero-order valence-electron chi connectivity index (χ0n) is 17.5. The summed E-state index contributed by atoms with van der Waals surface area (Å²) in [6, 6.07) is 12.0. The molecule has 0 saturated heterocycles. The van der Waals surface area contributed by atoms with E-state index in [9.17, 15) is 13.6 Å². The van der Waals surface area contributed by atoms with Crippen molar-refractivity contribution in [1.82, 2.24) is 4.98 Å². The van der Waals surface area contributed by atoms with E-state index in [1.165, 1.54) is 30.5 Å². The monoisotopic (exact) mass is 459 g/mol. The van der Waals surface area contributed by atoms with Gasteiger partial charge in [0.25, 0.3) is 5.88 Å². The van der Waals surface area contributed by atoms with Crippen molar-refractivity contribution in [2.24, 2.45) is 0 Å². The molecule has 0 N–H and O–H groups in total. The number of hydrogen-bond donors (Lipinski definition) is 0. The lowest BCUT2D eigenvalue weighted by molar-refractivity contribution is 0.254. The number of urea groups is 1. The highest BCUT2D eigenvalue weighted by molar-refractivity contribution is 8.01. The molecule has 32 heavy (non-hydrogen) atoms. The van der Waals surface area contributed by atoms with Crippen LogP contribution in [-0.2, 0) is 6.54 Å². The summed E-state index contributed by atoms with van der Waals surface area (Å²) in [5.74, 6) is -0.655. The molecule has 1 aliphatic heterocycles. The number of benzene rings is 2. The van der Waals surface area contributed by atoms with Gasteiger partial charge in [-0.15, -0.1) is 0 Å². The Balaban J connectivity index is 1.76. The average Bonchev–Trinajstić information content (AvgIpc) is 2.81. The predicted molar refractivity (Wildman–Crippen MR) is 117 cm³/mol. The minimum absolute atomic E-state index is 0.0563. The van der Waals surface area contributed by atoms with Crippen molar-refractivity contribution in [1.29, 1.82) is 0 Å². The zero-order valence-corrected chi connectivity index (χ0v) is 18.3. The molecule has 0 saturated carbocycles. The van der Waals surface area contributed by atoms with Crippen LogP contribution in [0.3, 0.4) is 0 Å². The lowest BCUT2D eigenvalue weighted by Gasteiger charge is -2.35. The van der Waals surface area contributed by atoms with Crippen molar-refractivity contribution in [2.75, 3.05) is 30.5 Å². The third kappa shape index (κ3) is 3.89. The first-order chi connectivity index (χ1) is 15.5. The maximum atomic E-state index is 14.6. The van der Waals surface area contributed by atoms with Gasteiger partial charge in [-0.3, -0.25) is 4.90 Å². The molecule has 2 aromatic carbocycles. The maximum absolute atomic E-state index is 14.6. The van der Waals surface area contributed by atoms with Gasteiger partial charge in [0.2, 0.25) is 0 Å². The molecule has 10 heteroatoms. The number of carbonyl (C=O) groups excluding carboxylic acids is 1. The van der Waals surface area contributed by atoms with Crippen LogP contribution in [0, 0.1) is 11.6 Å². The summed E-state index contributed by atoms with van der Waals surface area (Å²) >= 11 is 1.16. The number of pyridine rings is 1. The Labute approximate surface area is 187 Å². The normalized spacial score (nSPS) is 13.1. The standard InChI is InChI=1S/C22H19F2N3O4S/c1-29-13-10-15(23)14(16(24)11-13)12-26-17-6-4-5-7-19(17)32-27(22(26)28)20-9-8-18(30-2)21(25-20)31-3/h4-11H,12H2,1-3H3. The highest BCUT2D eigenvalue weighted by Gasteiger charge is 2.34. The zero-order chi connectivity index (χ0) is 22.8. The van der Waals surface area contributed by atoms with Crippen molar-refractivity contribution in [2.45, 2.75) is 11.4 Å². The smallest absolute Gasteiger partial charge is 0.341 e. The topological polar surface area (TPSA) is 64.1 Å². The van der Waals surface area contributed by atoms with E-state index in [1.807, 2.05) is 12.1 Å². The molecule has 1 aliphatic rings. The van der Waals surface area contributed by atoms with Gasteiger partial charge in [0.1, 0.15) is 17.4 Å². The third-order valence-electron chi connectivity index (χ3n) is 4.85. The molecule has 0 radical (unpaired) electrons. The number of methoxy groups -OCH3 is 3. The lowest BCUT2D eigenvalue weighted by Crippen LogP contribution is -2.43. The van der Waals surface area contributed by atoms with Gasteiger partial charge in [-0.25, -0.2) is 17.9 Å². The number of rotatable bonds is 6. The summed E-state index contributed by atoms with van der Waals surface area (Å²) < 4.78 is 46.0. The van der Waals surface area contributed by atoms with Crippen molar-refractivity contribution < 1.29 is 27.8 Å². The molecular formula is C22H19F2N3O4S. The minimum Gasteiger partial charge on any atom is -0.497 e. The number of ether oxygens (including phenoxy) is 3. The molecule has 7 nitrogen and oxygen atoms in total. The van der Waals surface area contributed by atoms with E-state index in [4.69, 9.17) is 14.2 Å². The van der Waals surface area contributed by atoms with E-state index >= 15 is 0 Å². The first-order valence-corrected chi connectivity index (χ1v) is 10.2. The van der Waals surface area contributed by atoms with E-state index in [1.54, 1.807) is 24.3 Å². The fraction of sp³-hybridized carbons (Fsp3) is 0.182. The van der Waals surface area contributed by atoms with Crippen LogP contribution in [-0.4, -0.2) is 32.3 Å². The van der Waals surface area contributed by atoms with Crippen LogP contribution >= 0.6 is 11.9 Å². The second-order valence-electron chi connectivity index (χ2n) is 6.67. The molecule has 4 rings (SSSR count). The van der Waals surface area contributed by atoms with Crippen molar-refractivity contribution in [3.8, 4) is 17.4 Å². The van der Waals surface area contributed by atoms with Crippen LogP contribution in [0.1, 0.15) is 5.56 Å². The number of halogens is 2. The summed E-state index contributed by atoms with van der Waals surface area (Å²) in [5.41, 5.74) is 0.287. The van der Waals surface area contributed by atoms with Gasteiger partial charge < -0.3 is 14.2 Å². The first-order valence-electron chi connectivity index (χ1n) is 9.46. The summed E-state index contributed by atoms with van der Waals surface area (Å²) in [6.45, 7) is -0.318. The van der Waals surface area contributed by atoms with Crippen molar-refractivity contribution >= 4 is 29.5 Å². The quantitative estimate of drug-likeness (QED) is 0.482. The number of para-hydroxylation sites is 1. The van der Waals surface area contributed by atoms with Crippen LogP contribution in [0.5, 0.6) is 17.4 Å². The Kier molecular flexibility index (Phi) is 6.04. The molecule has 0 spiro atoms. The lowest BCUT2D eigenvalue weighted by atomic mass is 10.1. The maximum Gasteiger partial charge on any atom is 0.341 e. The molecule has 3 aromatic rings. The molecule has 1 aromatic heterocycles. The second-order valence-corrected chi connectivity index (χ2v) is 7.66. The van der Waals surface area contributed by atoms with Crippen molar-refractivity contribution in [3.63, 3.8) is 0 Å². The van der Waals surface area contributed by atoms with Gasteiger partial charge in [-0.2, -0.15) is 4.98 Å². The molecule has 166 valence electrons. The fourth-order valence-corrected chi connectivity index (χ4v) is 4.22. The molecular weight excluding hydrogens is 440 g/mol. The molecule has 2 amide bonds. The Morgan fingerprint density at radius 1 is 0.969 bits per heavy atom. The third-order valence-corrected chi connectivity index (χ3v) is 5.92. The summed E-state index contributed by atoms with van der Waals surface area (Å²) in [6.07, 6.45) is 0. The van der Waals surface area contributed by atoms with Crippen LogP contribution in [0.25, 0.3) is 0 Å². The highest BCUT2D eigenvalue weighted by atomic mass is 32.2. The van der Waals surface area contributed by atoms with Crippen LogP contribution in [0.15, 0.2) is 53.4 Å². The highest BCUT2D eigenvalue weighted by Crippen LogP contribution is 2.42. The number of nitrogens with zero attached hydrogens (tertiary/aromatic N) is 3. The average molecular weight is 459 g/mol. The van der Waals surface area contributed by atoms with Gasteiger partial charge in [-0.05, 0) is 24.3 Å². The second kappa shape index (κ2) is 8.91. The molecule has 0 fully saturated rings. The molecule has 0 bridgehead atoms. The fourth-order valence-electron chi connectivity index (χ4n) is 3.24. The Morgan fingerprint density at radius 2 is 1.69 bits per heavy atom.